The molecule has 0 spiro atoms. The van der Waals surface area contributed by atoms with Crippen molar-refractivity contribution >= 4 is 0 Å². The zero-order valence-corrected chi connectivity index (χ0v) is 6.06. The van der Waals surface area contributed by atoms with Gasteiger partial charge in [-0.25, -0.2) is 4.98 Å². The SMILES string of the molecule is CC(N)(N)Oc1ncncn1. The van der Waals surface area contributed by atoms with Gasteiger partial charge in [0.2, 0.25) is 5.85 Å². The van der Waals surface area contributed by atoms with Crippen molar-refractivity contribution in [3.05, 3.63) is 12.7 Å². The number of hydrogen-bond acceptors (Lipinski definition) is 6. The molecule has 0 fully saturated rings. The van der Waals surface area contributed by atoms with E-state index in [2.05, 4.69) is 15.0 Å². The molecule has 0 aromatic carbocycles. The van der Waals surface area contributed by atoms with E-state index in [0.717, 1.165) is 0 Å². The monoisotopic (exact) mass is 155 g/mol. The Bertz CT molecular complexity index is 218. The van der Waals surface area contributed by atoms with Crippen LogP contribution in [0.1, 0.15) is 6.92 Å². The molecule has 11 heavy (non-hydrogen) atoms. The minimum Gasteiger partial charge on any atom is -0.429 e. The van der Waals surface area contributed by atoms with Crippen LogP contribution < -0.4 is 16.2 Å². The molecule has 0 unspecified atom stereocenters. The maximum Gasteiger partial charge on any atom is 0.322 e. The van der Waals surface area contributed by atoms with Gasteiger partial charge in [-0.3, -0.25) is 11.5 Å². The third-order valence-corrected chi connectivity index (χ3v) is 0.781. The van der Waals surface area contributed by atoms with Gasteiger partial charge in [0.05, 0.1) is 0 Å². The molecule has 0 bridgehead atoms. The van der Waals surface area contributed by atoms with Gasteiger partial charge in [0, 0.05) is 6.92 Å². The largest absolute Gasteiger partial charge is 0.429 e. The lowest BCUT2D eigenvalue weighted by Crippen LogP contribution is -2.51. The molecule has 0 amide bonds. The van der Waals surface area contributed by atoms with E-state index in [9.17, 15) is 0 Å². The minimum absolute atomic E-state index is 0.118. The molecule has 0 atom stereocenters. The van der Waals surface area contributed by atoms with Gasteiger partial charge in [0.25, 0.3) is 0 Å². The van der Waals surface area contributed by atoms with E-state index >= 15 is 0 Å². The Morgan fingerprint density at radius 2 is 1.91 bits per heavy atom. The Labute approximate surface area is 63.6 Å². The molecule has 0 saturated carbocycles. The summed E-state index contributed by atoms with van der Waals surface area (Å²) in [6, 6.07) is 0.118. The molecule has 4 N–H and O–H groups in total. The van der Waals surface area contributed by atoms with Gasteiger partial charge >= 0.3 is 6.01 Å². The maximum atomic E-state index is 5.32. The number of nitrogens with zero attached hydrogens (tertiary/aromatic N) is 3. The summed E-state index contributed by atoms with van der Waals surface area (Å²) >= 11 is 0. The van der Waals surface area contributed by atoms with Crippen LogP contribution in [-0.4, -0.2) is 20.8 Å². The lowest BCUT2D eigenvalue weighted by molar-refractivity contribution is 0.0905. The molecular weight excluding hydrogens is 146 g/mol. The highest BCUT2D eigenvalue weighted by atomic mass is 16.5. The number of aromatic nitrogens is 3. The van der Waals surface area contributed by atoms with Crippen LogP contribution >= 0.6 is 0 Å². The van der Waals surface area contributed by atoms with Gasteiger partial charge in [-0.2, -0.15) is 9.97 Å². The number of ether oxygens (including phenoxy) is 1. The van der Waals surface area contributed by atoms with E-state index in [1.54, 1.807) is 0 Å². The van der Waals surface area contributed by atoms with Crippen LogP contribution in [0.15, 0.2) is 12.7 Å². The molecule has 0 aliphatic carbocycles. The van der Waals surface area contributed by atoms with Crippen molar-refractivity contribution in [2.45, 2.75) is 12.8 Å². The minimum atomic E-state index is -1.25. The van der Waals surface area contributed by atoms with Crippen LogP contribution in [-0.2, 0) is 0 Å². The van der Waals surface area contributed by atoms with Gasteiger partial charge in [0.15, 0.2) is 0 Å². The van der Waals surface area contributed by atoms with Crippen molar-refractivity contribution in [3.8, 4) is 6.01 Å². The molecule has 0 saturated heterocycles. The van der Waals surface area contributed by atoms with Crippen LogP contribution in [0, 0.1) is 0 Å². The second kappa shape index (κ2) is 2.77. The van der Waals surface area contributed by atoms with Crippen LogP contribution in [0.25, 0.3) is 0 Å². The lowest BCUT2D eigenvalue weighted by atomic mass is 10.5. The average molecular weight is 155 g/mol. The fraction of sp³-hybridized carbons (Fsp3) is 0.400. The zero-order chi connectivity index (χ0) is 8.32. The van der Waals surface area contributed by atoms with E-state index in [1.165, 1.54) is 19.6 Å². The van der Waals surface area contributed by atoms with Gasteiger partial charge in [-0.15, -0.1) is 0 Å². The lowest BCUT2D eigenvalue weighted by Gasteiger charge is -2.17. The molecule has 1 aromatic rings. The van der Waals surface area contributed by atoms with Crippen LogP contribution in [0.2, 0.25) is 0 Å². The first-order valence-corrected chi connectivity index (χ1v) is 2.97. The van der Waals surface area contributed by atoms with Crippen LogP contribution in [0.3, 0.4) is 0 Å². The molecule has 0 aliphatic rings. The molecule has 1 rings (SSSR count). The summed E-state index contributed by atoms with van der Waals surface area (Å²) in [4.78, 5) is 10.9. The number of hydrogen-bond donors (Lipinski definition) is 2. The first-order chi connectivity index (χ1) is 5.08. The van der Waals surface area contributed by atoms with E-state index in [4.69, 9.17) is 16.2 Å². The summed E-state index contributed by atoms with van der Waals surface area (Å²) in [7, 11) is 0. The molecule has 1 aromatic heterocycles. The highest BCUT2D eigenvalue weighted by molar-refractivity contribution is 4.89. The molecule has 0 aliphatic heterocycles. The van der Waals surface area contributed by atoms with E-state index in [-0.39, 0.29) is 6.01 Å². The van der Waals surface area contributed by atoms with Gasteiger partial charge in [-0.1, -0.05) is 0 Å². The molecule has 0 radical (unpaired) electrons. The molecular formula is C5H9N5O. The Hall–Kier alpha value is -1.27. The highest BCUT2D eigenvalue weighted by Crippen LogP contribution is 2.00. The Morgan fingerprint density at radius 1 is 1.36 bits per heavy atom. The highest BCUT2D eigenvalue weighted by Gasteiger charge is 2.13. The quantitative estimate of drug-likeness (QED) is 0.522. The van der Waals surface area contributed by atoms with Crippen LogP contribution in [0.4, 0.5) is 0 Å². The van der Waals surface area contributed by atoms with Crippen molar-refractivity contribution < 1.29 is 4.74 Å². The molecule has 1 heterocycles. The van der Waals surface area contributed by atoms with Gasteiger partial charge < -0.3 is 4.74 Å². The normalized spacial score (nSPS) is 11.2. The second-order valence-electron chi connectivity index (χ2n) is 2.21. The average Bonchev–Trinajstić information content (AvgIpc) is 1.85. The summed E-state index contributed by atoms with van der Waals surface area (Å²) in [5.41, 5.74) is 10.6. The van der Waals surface area contributed by atoms with Gasteiger partial charge in [-0.05, 0) is 0 Å². The summed E-state index contributed by atoms with van der Waals surface area (Å²) in [6.07, 6.45) is 2.60. The first-order valence-electron chi connectivity index (χ1n) is 2.97. The van der Waals surface area contributed by atoms with Crippen molar-refractivity contribution in [2.75, 3.05) is 0 Å². The number of nitrogens with two attached hydrogens (primary N) is 2. The number of rotatable bonds is 2. The van der Waals surface area contributed by atoms with E-state index < -0.39 is 5.85 Å². The summed E-state index contributed by atoms with van der Waals surface area (Å²) in [6.45, 7) is 1.50. The zero-order valence-electron chi connectivity index (χ0n) is 6.06. The van der Waals surface area contributed by atoms with Crippen molar-refractivity contribution in [2.24, 2.45) is 11.5 Å². The standard InChI is InChI=1S/C5H9N5O/c1-5(6,7)11-4-9-2-8-3-10-4/h2-3H,6-7H2,1H3. The van der Waals surface area contributed by atoms with E-state index in [1.807, 2.05) is 0 Å². The summed E-state index contributed by atoms with van der Waals surface area (Å²) in [5, 5.41) is 0. The van der Waals surface area contributed by atoms with E-state index in [0.29, 0.717) is 0 Å². The topological polar surface area (TPSA) is 99.9 Å². The Morgan fingerprint density at radius 3 is 2.36 bits per heavy atom. The van der Waals surface area contributed by atoms with Crippen molar-refractivity contribution in [1.82, 2.24) is 15.0 Å². The van der Waals surface area contributed by atoms with Gasteiger partial charge in [0.1, 0.15) is 12.7 Å². The Balaban J connectivity index is 2.66. The summed E-state index contributed by atoms with van der Waals surface area (Å²) < 4.78 is 4.89. The predicted octanol–water partition coefficient (Wildman–Crippen LogP) is -1.16. The maximum absolute atomic E-state index is 5.32. The van der Waals surface area contributed by atoms with Crippen molar-refractivity contribution in [3.63, 3.8) is 0 Å². The summed E-state index contributed by atoms with van der Waals surface area (Å²) in [5.74, 6) is -1.25. The third kappa shape index (κ3) is 2.87. The predicted molar refractivity (Wildman–Crippen MR) is 37.2 cm³/mol. The van der Waals surface area contributed by atoms with Crippen LogP contribution in [0.5, 0.6) is 6.01 Å². The molecule has 60 valence electrons. The van der Waals surface area contributed by atoms with Crippen molar-refractivity contribution in [1.29, 1.82) is 0 Å². The third-order valence-electron chi connectivity index (χ3n) is 0.781. The Kier molecular flexibility index (Phi) is 1.97. The smallest absolute Gasteiger partial charge is 0.322 e. The second-order valence-corrected chi connectivity index (χ2v) is 2.21. The molecule has 6 nitrogen and oxygen atoms in total. The first kappa shape index (κ1) is 7.83. The fourth-order valence-corrected chi connectivity index (χ4v) is 0.478. The fourth-order valence-electron chi connectivity index (χ4n) is 0.478. The molecule has 6 heteroatoms.